The van der Waals surface area contributed by atoms with Crippen molar-refractivity contribution in [3.8, 4) is 0 Å². The summed E-state index contributed by atoms with van der Waals surface area (Å²) in [6.45, 7) is 3.20. The molecule has 0 radical (unpaired) electrons. The largest absolute Gasteiger partial charge is 0.384 e. The fraction of sp³-hybridized carbons (Fsp3) is 0.667. The molecule has 7 heteroatoms. The highest BCUT2D eigenvalue weighted by Crippen LogP contribution is 2.38. The molecular formula is C21H31N5O2. The maximum absolute atomic E-state index is 13.1. The summed E-state index contributed by atoms with van der Waals surface area (Å²) in [6.07, 6.45) is 10.3. The van der Waals surface area contributed by atoms with Gasteiger partial charge in [0.2, 0.25) is 11.8 Å². The average molecular weight is 386 g/mol. The SMILES string of the molecule is O=C(N[C@@H]1CN2CCCC[C@]2(C(=O)NCCCNc2cccnc2)C1)C1CC1. The Morgan fingerprint density at radius 3 is 2.93 bits per heavy atom. The maximum Gasteiger partial charge on any atom is 0.240 e. The Morgan fingerprint density at radius 2 is 2.14 bits per heavy atom. The first-order chi connectivity index (χ1) is 13.7. The Hall–Kier alpha value is -2.15. The van der Waals surface area contributed by atoms with E-state index in [1.54, 1.807) is 12.4 Å². The normalized spacial score (nSPS) is 27.1. The van der Waals surface area contributed by atoms with Gasteiger partial charge in [-0.2, -0.15) is 0 Å². The molecule has 0 unspecified atom stereocenters. The van der Waals surface area contributed by atoms with Gasteiger partial charge in [-0.3, -0.25) is 19.5 Å². The molecule has 7 nitrogen and oxygen atoms in total. The summed E-state index contributed by atoms with van der Waals surface area (Å²) in [5.41, 5.74) is 0.562. The molecule has 1 saturated carbocycles. The number of aromatic nitrogens is 1. The molecule has 2 atom stereocenters. The quantitative estimate of drug-likeness (QED) is 0.591. The maximum atomic E-state index is 13.1. The van der Waals surface area contributed by atoms with Crippen molar-refractivity contribution in [2.24, 2.45) is 5.92 Å². The number of amides is 2. The van der Waals surface area contributed by atoms with Gasteiger partial charge < -0.3 is 16.0 Å². The zero-order chi connectivity index (χ0) is 19.4. The van der Waals surface area contributed by atoms with Gasteiger partial charge >= 0.3 is 0 Å². The third-order valence-corrected chi connectivity index (χ3v) is 6.25. The van der Waals surface area contributed by atoms with E-state index in [0.717, 1.165) is 70.3 Å². The molecule has 152 valence electrons. The molecule has 4 rings (SSSR count). The highest BCUT2D eigenvalue weighted by molar-refractivity contribution is 5.87. The average Bonchev–Trinajstić information content (AvgIpc) is 3.49. The van der Waals surface area contributed by atoms with Crippen LogP contribution in [0.15, 0.2) is 24.5 Å². The van der Waals surface area contributed by atoms with Crippen LogP contribution in [0.5, 0.6) is 0 Å². The molecule has 0 spiro atoms. The fourth-order valence-electron chi connectivity index (χ4n) is 4.59. The zero-order valence-corrected chi connectivity index (χ0v) is 16.5. The van der Waals surface area contributed by atoms with Crippen molar-refractivity contribution in [2.75, 3.05) is 31.5 Å². The summed E-state index contributed by atoms with van der Waals surface area (Å²) < 4.78 is 0. The van der Waals surface area contributed by atoms with Crippen molar-refractivity contribution in [1.29, 1.82) is 0 Å². The lowest BCUT2D eigenvalue weighted by molar-refractivity contribution is -0.134. The summed E-state index contributed by atoms with van der Waals surface area (Å²) in [5.74, 6) is 0.536. The topological polar surface area (TPSA) is 86.4 Å². The molecule has 0 bridgehead atoms. The minimum Gasteiger partial charge on any atom is -0.384 e. The number of nitrogens with one attached hydrogen (secondary N) is 3. The minimum atomic E-state index is -0.434. The summed E-state index contributed by atoms with van der Waals surface area (Å²) in [7, 11) is 0. The highest BCUT2D eigenvalue weighted by atomic mass is 16.2. The molecule has 28 heavy (non-hydrogen) atoms. The number of piperidine rings is 1. The Bertz CT molecular complexity index is 693. The van der Waals surface area contributed by atoms with Crippen LogP contribution in [0.1, 0.15) is 44.9 Å². The number of fused-ring (bicyclic) bond motifs is 1. The predicted octanol–water partition coefficient (Wildman–Crippen LogP) is 1.52. The van der Waals surface area contributed by atoms with Gasteiger partial charge in [0.1, 0.15) is 5.54 Å². The van der Waals surface area contributed by atoms with Crippen molar-refractivity contribution in [1.82, 2.24) is 20.5 Å². The number of hydrogen-bond donors (Lipinski definition) is 3. The third-order valence-electron chi connectivity index (χ3n) is 6.25. The van der Waals surface area contributed by atoms with Crippen LogP contribution in [0.4, 0.5) is 5.69 Å². The van der Waals surface area contributed by atoms with E-state index in [4.69, 9.17) is 0 Å². The molecule has 2 amide bonds. The van der Waals surface area contributed by atoms with Gasteiger partial charge in [0.15, 0.2) is 0 Å². The third kappa shape index (κ3) is 4.29. The second-order valence-corrected chi connectivity index (χ2v) is 8.40. The van der Waals surface area contributed by atoms with Crippen molar-refractivity contribution >= 4 is 17.5 Å². The number of hydrogen-bond acceptors (Lipinski definition) is 5. The van der Waals surface area contributed by atoms with Crippen molar-refractivity contribution in [2.45, 2.75) is 56.5 Å². The number of anilines is 1. The van der Waals surface area contributed by atoms with Crippen LogP contribution in [0.2, 0.25) is 0 Å². The molecular weight excluding hydrogens is 354 g/mol. The van der Waals surface area contributed by atoms with E-state index in [1.807, 2.05) is 12.1 Å². The van der Waals surface area contributed by atoms with Crippen LogP contribution in [-0.2, 0) is 9.59 Å². The molecule has 1 aromatic heterocycles. The Balaban J connectivity index is 1.26. The van der Waals surface area contributed by atoms with E-state index in [-0.39, 0.29) is 23.8 Å². The smallest absolute Gasteiger partial charge is 0.240 e. The fourth-order valence-corrected chi connectivity index (χ4v) is 4.59. The van der Waals surface area contributed by atoms with Crippen molar-refractivity contribution in [3.05, 3.63) is 24.5 Å². The lowest BCUT2D eigenvalue weighted by atomic mass is 9.84. The zero-order valence-electron chi connectivity index (χ0n) is 16.5. The molecule has 3 heterocycles. The first-order valence-corrected chi connectivity index (χ1v) is 10.6. The second kappa shape index (κ2) is 8.47. The van der Waals surface area contributed by atoms with E-state index >= 15 is 0 Å². The first kappa shape index (κ1) is 19.2. The van der Waals surface area contributed by atoms with Gasteiger partial charge in [-0.25, -0.2) is 0 Å². The van der Waals surface area contributed by atoms with Gasteiger partial charge in [-0.1, -0.05) is 0 Å². The molecule has 3 N–H and O–H groups in total. The van der Waals surface area contributed by atoms with Gasteiger partial charge in [0.05, 0.1) is 5.69 Å². The molecule has 2 aliphatic heterocycles. The summed E-state index contributed by atoms with van der Waals surface area (Å²) in [6, 6.07) is 3.99. The van der Waals surface area contributed by atoms with Crippen LogP contribution in [0.25, 0.3) is 0 Å². The molecule has 3 aliphatic rings. The van der Waals surface area contributed by atoms with Crippen LogP contribution >= 0.6 is 0 Å². The number of carbonyl (C=O) groups excluding carboxylic acids is 2. The summed E-state index contributed by atoms with van der Waals surface area (Å²) in [5, 5.41) is 9.67. The van der Waals surface area contributed by atoms with E-state index in [2.05, 4.69) is 25.8 Å². The van der Waals surface area contributed by atoms with E-state index in [1.165, 1.54) is 0 Å². The minimum absolute atomic E-state index is 0.101. The molecule has 1 aliphatic carbocycles. The summed E-state index contributed by atoms with van der Waals surface area (Å²) in [4.78, 5) is 31.7. The lowest BCUT2D eigenvalue weighted by Gasteiger charge is -2.40. The van der Waals surface area contributed by atoms with Gasteiger partial charge in [-0.15, -0.1) is 0 Å². The Labute approximate surface area is 166 Å². The Morgan fingerprint density at radius 1 is 1.25 bits per heavy atom. The van der Waals surface area contributed by atoms with E-state index in [9.17, 15) is 9.59 Å². The van der Waals surface area contributed by atoms with Gasteiger partial charge in [0, 0.05) is 44.0 Å². The predicted molar refractivity (Wildman–Crippen MR) is 108 cm³/mol. The van der Waals surface area contributed by atoms with E-state index < -0.39 is 5.54 Å². The second-order valence-electron chi connectivity index (χ2n) is 8.40. The monoisotopic (exact) mass is 385 g/mol. The number of nitrogens with zero attached hydrogens (tertiary/aromatic N) is 2. The van der Waals surface area contributed by atoms with Crippen LogP contribution < -0.4 is 16.0 Å². The molecule has 0 aromatic carbocycles. The number of carbonyl (C=O) groups is 2. The lowest BCUT2D eigenvalue weighted by Crippen LogP contribution is -2.57. The van der Waals surface area contributed by atoms with Crippen LogP contribution in [0, 0.1) is 5.92 Å². The van der Waals surface area contributed by atoms with Gasteiger partial charge in [-0.05, 0) is 63.6 Å². The van der Waals surface area contributed by atoms with Crippen LogP contribution in [-0.4, -0.2) is 59.5 Å². The Kier molecular flexibility index (Phi) is 5.80. The van der Waals surface area contributed by atoms with Gasteiger partial charge in [0.25, 0.3) is 0 Å². The van der Waals surface area contributed by atoms with Crippen molar-refractivity contribution in [3.63, 3.8) is 0 Å². The summed E-state index contributed by atoms with van der Waals surface area (Å²) >= 11 is 0. The highest BCUT2D eigenvalue weighted by Gasteiger charge is 2.52. The van der Waals surface area contributed by atoms with Crippen LogP contribution in [0.3, 0.4) is 0 Å². The molecule has 1 aromatic rings. The standard InChI is InChI=1S/C21H31N5O2/c27-19(16-6-7-16)25-18-13-21(8-1-2-12-26(21)15-18)20(28)24-11-4-10-23-17-5-3-9-22-14-17/h3,5,9,14,16,18,23H,1-2,4,6-8,10-13,15H2,(H,24,28)(H,25,27)/t18-,21+/m0/s1. The first-order valence-electron chi connectivity index (χ1n) is 10.6. The molecule has 3 fully saturated rings. The van der Waals surface area contributed by atoms with E-state index in [0.29, 0.717) is 6.54 Å². The number of pyridine rings is 1. The number of rotatable bonds is 8. The molecule has 2 saturated heterocycles. The van der Waals surface area contributed by atoms with Crippen molar-refractivity contribution < 1.29 is 9.59 Å².